The van der Waals surface area contributed by atoms with Crippen LogP contribution in [0.2, 0.25) is 0 Å². The topological polar surface area (TPSA) is 61.9 Å². The van der Waals surface area contributed by atoms with E-state index < -0.39 is 0 Å². The second-order valence-electron chi connectivity index (χ2n) is 5.96. The van der Waals surface area contributed by atoms with Crippen LogP contribution in [0.4, 0.5) is 0 Å². The van der Waals surface area contributed by atoms with Crippen LogP contribution in [0.1, 0.15) is 32.6 Å². The van der Waals surface area contributed by atoms with Crippen molar-refractivity contribution < 1.29 is 4.79 Å². The summed E-state index contributed by atoms with van der Waals surface area (Å²) in [6.07, 6.45) is 4.67. The lowest BCUT2D eigenvalue weighted by atomic mass is 9.86. The van der Waals surface area contributed by atoms with Gasteiger partial charge in [-0.2, -0.15) is 0 Å². The van der Waals surface area contributed by atoms with E-state index in [9.17, 15) is 4.79 Å². The smallest absolute Gasteiger partial charge is 0.219 e. The van der Waals surface area contributed by atoms with Gasteiger partial charge in [-0.15, -0.1) is 0 Å². The van der Waals surface area contributed by atoms with E-state index in [1.54, 1.807) is 6.92 Å². The van der Waals surface area contributed by atoms with Crippen molar-refractivity contribution >= 4 is 11.9 Å². The summed E-state index contributed by atoms with van der Waals surface area (Å²) in [7, 11) is 0. The normalized spacial score (nSPS) is 26.6. The molecule has 100 valence electrons. The highest BCUT2D eigenvalue weighted by molar-refractivity contribution is 5.81. The molecule has 5 heteroatoms. The van der Waals surface area contributed by atoms with Crippen molar-refractivity contribution in [3.63, 3.8) is 0 Å². The number of carbonyl (C=O) groups excluding carboxylic acids is 1. The fraction of sp³-hybridized carbons (Fsp3) is 0.846. The molecule has 1 amide bonds. The Kier molecular flexibility index (Phi) is 2.72. The Morgan fingerprint density at radius 1 is 1.44 bits per heavy atom. The van der Waals surface area contributed by atoms with Crippen molar-refractivity contribution in [3.8, 4) is 0 Å². The summed E-state index contributed by atoms with van der Waals surface area (Å²) in [5, 5.41) is 0. The summed E-state index contributed by atoms with van der Waals surface area (Å²) in [5.74, 6) is 1.73. The van der Waals surface area contributed by atoms with Crippen LogP contribution in [0.15, 0.2) is 4.99 Å². The summed E-state index contributed by atoms with van der Waals surface area (Å²) >= 11 is 0. The maximum Gasteiger partial charge on any atom is 0.219 e. The maximum atomic E-state index is 11.4. The molecule has 18 heavy (non-hydrogen) atoms. The van der Waals surface area contributed by atoms with Gasteiger partial charge in [0, 0.05) is 26.6 Å². The largest absolute Gasteiger partial charge is 0.370 e. The van der Waals surface area contributed by atoms with Crippen LogP contribution in [-0.2, 0) is 4.79 Å². The molecule has 3 rings (SSSR count). The zero-order valence-electron chi connectivity index (χ0n) is 11.1. The lowest BCUT2D eigenvalue weighted by Gasteiger charge is -2.45. The minimum absolute atomic E-state index is 0.110. The van der Waals surface area contributed by atoms with E-state index in [0.29, 0.717) is 0 Å². The number of amides is 1. The van der Waals surface area contributed by atoms with E-state index in [4.69, 9.17) is 5.73 Å². The second kappa shape index (κ2) is 4.14. The highest BCUT2D eigenvalue weighted by Gasteiger charge is 2.46. The highest BCUT2D eigenvalue weighted by Crippen LogP contribution is 2.38. The first-order valence-electron chi connectivity index (χ1n) is 6.94. The number of likely N-dealkylation sites (tertiary alicyclic amines) is 1. The zero-order valence-corrected chi connectivity index (χ0v) is 11.1. The number of piperidine rings is 1. The third-order valence-electron chi connectivity index (χ3n) is 4.66. The van der Waals surface area contributed by atoms with Gasteiger partial charge in [-0.1, -0.05) is 0 Å². The minimum atomic E-state index is 0.110. The number of aliphatic imine (C=N–C) groups is 1. The van der Waals surface area contributed by atoms with Crippen LogP contribution >= 0.6 is 0 Å². The van der Waals surface area contributed by atoms with E-state index >= 15 is 0 Å². The Labute approximate surface area is 108 Å². The van der Waals surface area contributed by atoms with Crippen LogP contribution in [0.5, 0.6) is 0 Å². The number of hydrogen-bond donors (Lipinski definition) is 1. The maximum absolute atomic E-state index is 11.4. The monoisotopic (exact) mass is 250 g/mol. The molecule has 0 bridgehead atoms. The van der Waals surface area contributed by atoms with Crippen LogP contribution in [-0.4, -0.2) is 53.4 Å². The third kappa shape index (κ3) is 1.95. The van der Waals surface area contributed by atoms with Gasteiger partial charge in [0.2, 0.25) is 5.91 Å². The van der Waals surface area contributed by atoms with Crippen LogP contribution in [0.25, 0.3) is 0 Å². The molecule has 1 saturated carbocycles. The van der Waals surface area contributed by atoms with Crippen molar-refractivity contribution in [1.29, 1.82) is 0 Å². The molecule has 2 aliphatic heterocycles. The Morgan fingerprint density at radius 3 is 2.67 bits per heavy atom. The molecule has 0 radical (unpaired) electrons. The second-order valence-corrected chi connectivity index (χ2v) is 5.96. The van der Waals surface area contributed by atoms with Gasteiger partial charge in [0.1, 0.15) is 0 Å². The fourth-order valence-corrected chi connectivity index (χ4v) is 3.15. The van der Waals surface area contributed by atoms with Gasteiger partial charge >= 0.3 is 0 Å². The first-order chi connectivity index (χ1) is 8.61. The first-order valence-corrected chi connectivity index (χ1v) is 6.94. The SMILES string of the molecule is CC(=O)N1CCC2(CC1)CN=C(N)N2CC1CC1. The molecule has 0 unspecified atom stereocenters. The number of carbonyl (C=O) groups is 1. The molecule has 3 aliphatic rings. The summed E-state index contributed by atoms with van der Waals surface area (Å²) < 4.78 is 0. The quantitative estimate of drug-likeness (QED) is 0.772. The Balaban J connectivity index is 1.69. The van der Waals surface area contributed by atoms with Gasteiger partial charge in [-0.05, 0) is 31.6 Å². The van der Waals surface area contributed by atoms with Gasteiger partial charge in [0.25, 0.3) is 0 Å². The lowest BCUT2D eigenvalue weighted by molar-refractivity contribution is -0.131. The molecule has 2 fully saturated rings. The minimum Gasteiger partial charge on any atom is -0.370 e. The van der Waals surface area contributed by atoms with Gasteiger partial charge < -0.3 is 15.5 Å². The summed E-state index contributed by atoms with van der Waals surface area (Å²) in [4.78, 5) is 20.1. The van der Waals surface area contributed by atoms with Gasteiger partial charge in [-0.25, -0.2) is 0 Å². The van der Waals surface area contributed by atoms with Crippen LogP contribution in [0.3, 0.4) is 0 Å². The Hall–Kier alpha value is -1.26. The molecule has 0 aromatic rings. The van der Waals surface area contributed by atoms with Crippen molar-refractivity contribution in [1.82, 2.24) is 9.80 Å². The average molecular weight is 250 g/mol. The zero-order chi connectivity index (χ0) is 12.8. The van der Waals surface area contributed by atoms with Crippen LogP contribution < -0.4 is 5.73 Å². The number of nitrogens with zero attached hydrogens (tertiary/aromatic N) is 3. The van der Waals surface area contributed by atoms with E-state index in [2.05, 4.69) is 9.89 Å². The molecule has 1 aliphatic carbocycles. The predicted molar refractivity (Wildman–Crippen MR) is 70.1 cm³/mol. The number of hydrogen-bond acceptors (Lipinski definition) is 4. The summed E-state index contributed by atoms with van der Waals surface area (Å²) in [5.41, 5.74) is 6.16. The summed E-state index contributed by atoms with van der Waals surface area (Å²) in [6.45, 7) is 5.23. The molecular formula is C13H22N4O. The molecule has 1 saturated heterocycles. The van der Waals surface area contributed by atoms with Crippen molar-refractivity contribution in [2.75, 3.05) is 26.2 Å². The third-order valence-corrected chi connectivity index (χ3v) is 4.66. The Bertz CT molecular complexity index is 380. The molecule has 0 atom stereocenters. The number of rotatable bonds is 2. The first kappa shape index (κ1) is 11.8. The number of nitrogens with two attached hydrogens (primary N) is 1. The summed E-state index contributed by atoms with van der Waals surface area (Å²) in [6, 6.07) is 0. The van der Waals surface area contributed by atoms with Gasteiger partial charge in [0.05, 0.1) is 12.1 Å². The Morgan fingerprint density at radius 2 is 2.11 bits per heavy atom. The van der Waals surface area contributed by atoms with E-state index in [0.717, 1.165) is 50.9 Å². The lowest BCUT2D eigenvalue weighted by Crippen LogP contribution is -2.58. The molecule has 0 aromatic carbocycles. The molecule has 0 aromatic heterocycles. The molecule has 2 heterocycles. The van der Waals surface area contributed by atoms with E-state index in [1.165, 1.54) is 12.8 Å². The van der Waals surface area contributed by atoms with E-state index in [-0.39, 0.29) is 11.4 Å². The molecule has 2 N–H and O–H groups in total. The fourth-order valence-electron chi connectivity index (χ4n) is 3.15. The number of guanidine groups is 1. The van der Waals surface area contributed by atoms with E-state index in [1.807, 2.05) is 4.90 Å². The molecule has 5 nitrogen and oxygen atoms in total. The van der Waals surface area contributed by atoms with Crippen molar-refractivity contribution in [2.45, 2.75) is 38.1 Å². The standard InChI is InChI=1S/C13H22N4O/c1-10(18)16-6-4-13(5-7-16)9-15-12(14)17(13)8-11-2-3-11/h11H,2-9H2,1H3,(H2,14,15). The van der Waals surface area contributed by atoms with Gasteiger partial charge in [-0.3, -0.25) is 9.79 Å². The molecule has 1 spiro atoms. The average Bonchev–Trinajstić information content (AvgIpc) is 3.12. The van der Waals surface area contributed by atoms with Crippen LogP contribution in [0, 0.1) is 5.92 Å². The van der Waals surface area contributed by atoms with Crippen molar-refractivity contribution in [2.24, 2.45) is 16.6 Å². The predicted octanol–water partition coefficient (Wildman–Crippen LogP) is 0.408. The van der Waals surface area contributed by atoms with Crippen molar-refractivity contribution in [3.05, 3.63) is 0 Å². The highest BCUT2D eigenvalue weighted by atomic mass is 16.2. The molecular weight excluding hydrogens is 228 g/mol. The van der Waals surface area contributed by atoms with Gasteiger partial charge in [0.15, 0.2) is 5.96 Å².